The predicted octanol–water partition coefficient (Wildman–Crippen LogP) is 4.52. The molecular weight excluding hydrogens is 410 g/mol. The van der Waals surface area contributed by atoms with Gasteiger partial charge in [0, 0.05) is 6.20 Å². The van der Waals surface area contributed by atoms with Crippen LogP contribution in [0.4, 0.5) is 0 Å². The SMILES string of the molecule is CC1(C)OC2[C@H](CO[Si](C)(C)C(C)(C)C)O[C@H](n3ccc4c(Cl)ncnc43)[C@@H]2O1. The van der Waals surface area contributed by atoms with Crippen LogP contribution in [0.1, 0.15) is 40.8 Å². The van der Waals surface area contributed by atoms with Crippen molar-refractivity contribution in [1.82, 2.24) is 14.5 Å². The highest BCUT2D eigenvalue weighted by Crippen LogP contribution is 2.45. The van der Waals surface area contributed by atoms with E-state index in [2.05, 4.69) is 43.8 Å². The van der Waals surface area contributed by atoms with Crippen LogP contribution < -0.4 is 0 Å². The number of rotatable bonds is 4. The summed E-state index contributed by atoms with van der Waals surface area (Å²) in [5, 5.41) is 1.33. The van der Waals surface area contributed by atoms with Crippen molar-refractivity contribution in [1.29, 1.82) is 0 Å². The Kier molecular flexibility index (Phi) is 5.12. The molecule has 2 fully saturated rings. The monoisotopic (exact) mass is 439 g/mol. The summed E-state index contributed by atoms with van der Waals surface area (Å²) in [6.45, 7) is 15.5. The lowest BCUT2D eigenvalue weighted by molar-refractivity contribution is -0.199. The first kappa shape index (κ1) is 21.2. The van der Waals surface area contributed by atoms with E-state index in [4.69, 9.17) is 30.2 Å². The number of fused-ring (bicyclic) bond motifs is 2. The van der Waals surface area contributed by atoms with Crippen LogP contribution in [0, 0.1) is 0 Å². The number of halogens is 1. The Bertz CT molecular complexity index is 911. The number of aromatic nitrogens is 3. The Morgan fingerprint density at radius 2 is 1.90 bits per heavy atom. The van der Waals surface area contributed by atoms with Crippen molar-refractivity contribution in [3.05, 3.63) is 23.7 Å². The molecule has 29 heavy (non-hydrogen) atoms. The first-order valence-corrected chi connectivity index (χ1v) is 13.3. The largest absolute Gasteiger partial charge is 0.414 e. The van der Waals surface area contributed by atoms with Gasteiger partial charge in [0.15, 0.2) is 20.3 Å². The molecule has 9 heteroatoms. The maximum atomic E-state index is 6.45. The third-order valence-corrected chi connectivity index (χ3v) is 11.1. The standard InChI is InChI=1S/C20H30ClN3O4Si/c1-19(2,3)29(6,7)25-10-13-14-15(28-20(4,5)27-14)18(26-13)24-9-8-12-16(21)22-11-23-17(12)24/h8-9,11,13-15,18H,10H2,1-7H3/t13-,14?,15+,18-/m0/s1. The molecule has 2 aliphatic rings. The summed E-state index contributed by atoms with van der Waals surface area (Å²) < 4.78 is 27.3. The van der Waals surface area contributed by atoms with Crippen molar-refractivity contribution in [2.45, 2.75) is 83.1 Å². The molecule has 4 rings (SSSR count). The molecule has 0 aromatic carbocycles. The van der Waals surface area contributed by atoms with Crippen molar-refractivity contribution >= 4 is 31.0 Å². The molecule has 0 saturated carbocycles. The van der Waals surface area contributed by atoms with E-state index in [0.29, 0.717) is 17.4 Å². The summed E-state index contributed by atoms with van der Waals surface area (Å²) in [7, 11) is -1.91. The molecule has 0 radical (unpaired) electrons. The fourth-order valence-corrected chi connectivity index (χ4v) is 4.87. The van der Waals surface area contributed by atoms with Crippen LogP contribution in [-0.4, -0.2) is 53.6 Å². The van der Waals surface area contributed by atoms with Crippen molar-refractivity contribution in [2.24, 2.45) is 0 Å². The Hall–Kier alpha value is -1.03. The maximum absolute atomic E-state index is 6.45. The lowest BCUT2D eigenvalue weighted by Gasteiger charge is -2.37. The molecule has 0 N–H and O–H groups in total. The molecule has 2 saturated heterocycles. The molecule has 2 aliphatic heterocycles. The van der Waals surface area contributed by atoms with Gasteiger partial charge < -0.3 is 23.2 Å². The number of hydrogen-bond donors (Lipinski definition) is 0. The van der Waals surface area contributed by atoms with Gasteiger partial charge in [0.05, 0.1) is 12.0 Å². The predicted molar refractivity (Wildman–Crippen MR) is 113 cm³/mol. The van der Waals surface area contributed by atoms with Crippen LogP contribution in [0.5, 0.6) is 0 Å². The molecule has 4 heterocycles. The van der Waals surface area contributed by atoms with Crippen molar-refractivity contribution in [3.8, 4) is 0 Å². The van der Waals surface area contributed by atoms with Crippen LogP contribution in [0.3, 0.4) is 0 Å². The number of hydrogen-bond acceptors (Lipinski definition) is 6. The molecular formula is C20H30ClN3O4Si. The van der Waals surface area contributed by atoms with E-state index >= 15 is 0 Å². The molecule has 2 aromatic heterocycles. The maximum Gasteiger partial charge on any atom is 0.192 e. The average molecular weight is 440 g/mol. The van der Waals surface area contributed by atoms with Gasteiger partial charge in [-0.3, -0.25) is 0 Å². The molecule has 0 bridgehead atoms. The smallest absolute Gasteiger partial charge is 0.192 e. The quantitative estimate of drug-likeness (QED) is 0.515. The first-order chi connectivity index (χ1) is 13.4. The lowest BCUT2D eigenvalue weighted by Crippen LogP contribution is -2.44. The van der Waals surface area contributed by atoms with Gasteiger partial charge in [-0.25, -0.2) is 9.97 Å². The van der Waals surface area contributed by atoms with Crippen molar-refractivity contribution in [3.63, 3.8) is 0 Å². The highest BCUT2D eigenvalue weighted by Gasteiger charge is 2.56. The Balaban J connectivity index is 1.62. The zero-order valence-corrected chi connectivity index (χ0v) is 19.9. The molecule has 4 atom stereocenters. The van der Waals surface area contributed by atoms with Crippen LogP contribution in [0.2, 0.25) is 23.3 Å². The van der Waals surface area contributed by atoms with Gasteiger partial charge in [0.1, 0.15) is 35.4 Å². The molecule has 0 spiro atoms. The van der Waals surface area contributed by atoms with E-state index in [1.165, 1.54) is 6.33 Å². The van der Waals surface area contributed by atoms with Crippen LogP contribution >= 0.6 is 11.6 Å². The van der Waals surface area contributed by atoms with E-state index < -0.39 is 14.1 Å². The Labute approximate surface area is 177 Å². The Morgan fingerprint density at radius 3 is 2.59 bits per heavy atom. The molecule has 160 valence electrons. The van der Waals surface area contributed by atoms with Crippen LogP contribution in [0.15, 0.2) is 18.6 Å². The summed E-state index contributed by atoms with van der Waals surface area (Å²) in [5.74, 6) is -0.678. The third kappa shape index (κ3) is 3.75. The zero-order chi connectivity index (χ0) is 21.2. The molecule has 2 aromatic rings. The van der Waals surface area contributed by atoms with Gasteiger partial charge >= 0.3 is 0 Å². The minimum atomic E-state index is -1.91. The molecule has 7 nitrogen and oxygen atoms in total. The second-order valence-corrected chi connectivity index (χ2v) is 15.0. The third-order valence-electron chi connectivity index (χ3n) is 6.27. The van der Waals surface area contributed by atoms with Gasteiger partial charge in [0.2, 0.25) is 0 Å². The lowest BCUT2D eigenvalue weighted by atomic mass is 10.1. The number of ether oxygens (including phenoxy) is 3. The van der Waals surface area contributed by atoms with E-state index in [1.54, 1.807) is 0 Å². The summed E-state index contributed by atoms with van der Waals surface area (Å²) in [5.41, 5.74) is 0.716. The van der Waals surface area contributed by atoms with E-state index in [9.17, 15) is 0 Å². The van der Waals surface area contributed by atoms with Gasteiger partial charge in [-0.1, -0.05) is 32.4 Å². The summed E-state index contributed by atoms with van der Waals surface area (Å²) in [6.07, 6.45) is 2.30. The number of nitrogens with zero attached hydrogens (tertiary/aromatic N) is 3. The summed E-state index contributed by atoms with van der Waals surface area (Å²) in [4.78, 5) is 8.47. The van der Waals surface area contributed by atoms with E-state index in [-0.39, 0.29) is 29.6 Å². The van der Waals surface area contributed by atoms with Crippen LogP contribution in [0.25, 0.3) is 11.0 Å². The Morgan fingerprint density at radius 1 is 1.21 bits per heavy atom. The second-order valence-electron chi connectivity index (χ2n) is 9.83. The summed E-state index contributed by atoms with van der Waals surface area (Å²) >= 11 is 6.23. The second kappa shape index (κ2) is 7.00. The van der Waals surface area contributed by atoms with Crippen LogP contribution in [-0.2, 0) is 18.6 Å². The first-order valence-electron chi connectivity index (χ1n) is 10.0. The topological polar surface area (TPSA) is 67.6 Å². The van der Waals surface area contributed by atoms with E-state index in [1.807, 2.05) is 30.7 Å². The highest BCUT2D eigenvalue weighted by atomic mass is 35.5. The normalized spacial score (nSPS) is 29.5. The van der Waals surface area contributed by atoms with E-state index in [0.717, 1.165) is 5.39 Å². The fraction of sp³-hybridized carbons (Fsp3) is 0.700. The zero-order valence-electron chi connectivity index (χ0n) is 18.1. The van der Waals surface area contributed by atoms with Crippen molar-refractivity contribution in [2.75, 3.05) is 6.61 Å². The summed E-state index contributed by atoms with van der Waals surface area (Å²) in [6, 6.07) is 1.90. The minimum Gasteiger partial charge on any atom is -0.414 e. The van der Waals surface area contributed by atoms with Crippen molar-refractivity contribution < 1.29 is 18.6 Å². The molecule has 0 amide bonds. The average Bonchev–Trinajstić information content (AvgIpc) is 3.24. The minimum absolute atomic E-state index is 0.126. The van der Waals surface area contributed by atoms with Gasteiger partial charge in [0.25, 0.3) is 0 Å². The molecule has 1 unspecified atom stereocenters. The van der Waals surface area contributed by atoms with Gasteiger partial charge in [-0.05, 0) is 38.0 Å². The van der Waals surface area contributed by atoms with Gasteiger partial charge in [-0.15, -0.1) is 0 Å². The molecule has 0 aliphatic carbocycles. The highest BCUT2D eigenvalue weighted by molar-refractivity contribution is 6.74. The van der Waals surface area contributed by atoms with Gasteiger partial charge in [-0.2, -0.15) is 0 Å². The fourth-order valence-electron chi connectivity index (χ4n) is 3.67.